The zero-order valence-corrected chi connectivity index (χ0v) is 17.0. The molecule has 1 aromatic rings. The molecule has 0 radical (unpaired) electrons. The molecule has 25 heavy (non-hydrogen) atoms. The minimum absolute atomic E-state index is 0.0673. The molecule has 0 spiro atoms. The summed E-state index contributed by atoms with van der Waals surface area (Å²) in [7, 11) is 0. The molecule has 0 aromatic heterocycles. The van der Waals surface area contributed by atoms with E-state index in [4.69, 9.17) is 4.74 Å². The van der Waals surface area contributed by atoms with Crippen molar-refractivity contribution in [2.24, 2.45) is 0 Å². The summed E-state index contributed by atoms with van der Waals surface area (Å²) < 4.78 is 5.38. The summed E-state index contributed by atoms with van der Waals surface area (Å²) >= 11 is 1.72. The summed E-state index contributed by atoms with van der Waals surface area (Å²) in [5, 5.41) is -0.0673. The second-order valence-electron chi connectivity index (χ2n) is 6.79. The van der Waals surface area contributed by atoms with Gasteiger partial charge in [0.2, 0.25) is 0 Å². The minimum atomic E-state index is -0.0964. The number of carbonyl (C=O) groups excluding carboxylic acids is 1. The van der Waals surface area contributed by atoms with E-state index < -0.39 is 0 Å². The summed E-state index contributed by atoms with van der Waals surface area (Å²) in [6, 6.07) is 9.86. The smallest absolute Gasteiger partial charge is 0.319 e. The standard InChI is InChI=1S/C22H36O2S/c1-3-4-5-6-7-8-9-10-11-15-18-25-20(2)22(23)24-19-21-16-13-12-14-17-21/h12-14,16-17,20H,3-11,15,18-19H2,1-2H3. The molecule has 1 atom stereocenters. The van der Waals surface area contributed by atoms with Crippen LogP contribution in [0.5, 0.6) is 0 Å². The van der Waals surface area contributed by atoms with Gasteiger partial charge in [0.15, 0.2) is 0 Å². The van der Waals surface area contributed by atoms with Crippen LogP contribution in [0.3, 0.4) is 0 Å². The van der Waals surface area contributed by atoms with Gasteiger partial charge in [-0.1, -0.05) is 95.0 Å². The van der Waals surface area contributed by atoms with Gasteiger partial charge in [-0.3, -0.25) is 4.79 Å². The van der Waals surface area contributed by atoms with Crippen LogP contribution >= 0.6 is 11.8 Å². The van der Waals surface area contributed by atoms with Gasteiger partial charge >= 0.3 is 5.97 Å². The topological polar surface area (TPSA) is 26.3 Å². The Hall–Kier alpha value is -0.960. The molecule has 0 amide bonds. The first kappa shape index (κ1) is 22.1. The van der Waals surface area contributed by atoms with Gasteiger partial charge in [-0.15, -0.1) is 11.8 Å². The van der Waals surface area contributed by atoms with Crippen LogP contribution in [0, 0.1) is 0 Å². The first-order valence-corrected chi connectivity index (χ1v) is 11.1. The number of ether oxygens (including phenoxy) is 1. The lowest BCUT2D eigenvalue weighted by Gasteiger charge is -2.11. The highest BCUT2D eigenvalue weighted by atomic mass is 32.2. The Labute approximate surface area is 159 Å². The molecular formula is C22H36O2S. The van der Waals surface area contributed by atoms with E-state index in [1.807, 2.05) is 37.3 Å². The van der Waals surface area contributed by atoms with Crippen LogP contribution in [-0.2, 0) is 16.1 Å². The van der Waals surface area contributed by atoms with E-state index in [0.29, 0.717) is 6.61 Å². The SMILES string of the molecule is CCCCCCCCCCCCSC(C)C(=O)OCc1ccccc1. The monoisotopic (exact) mass is 364 g/mol. The third-order valence-electron chi connectivity index (χ3n) is 4.42. The number of carbonyl (C=O) groups is 1. The molecule has 0 aliphatic rings. The van der Waals surface area contributed by atoms with E-state index in [1.165, 1.54) is 64.2 Å². The summed E-state index contributed by atoms with van der Waals surface area (Å²) in [5.41, 5.74) is 1.04. The highest BCUT2D eigenvalue weighted by Gasteiger charge is 2.14. The van der Waals surface area contributed by atoms with E-state index in [0.717, 1.165) is 11.3 Å². The zero-order chi connectivity index (χ0) is 18.2. The van der Waals surface area contributed by atoms with Crippen LogP contribution < -0.4 is 0 Å². The van der Waals surface area contributed by atoms with Crippen molar-refractivity contribution in [3.8, 4) is 0 Å². The van der Waals surface area contributed by atoms with Crippen LogP contribution in [0.25, 0.3) is 0 Å². The van der Waals surface area contributed by atoms with Crippen molar-refractivity contribution >= 4 is 17.7 Å². The Morgan fingerprint density at radius 2 is 1.48 bits per heavy atom. The molecular weight excluding hydrogens is 328 g/mol. The fraction of sp³-hybridized carbons (Fsp3) is 0.682. The second-order valence-corrected chi connectivity index (χ2v) is 8.24. The maximum absolute atomic E-state index is 12.0. The lowest BCUT2D eigenvalue weighted by Crippen LogP contribution is -2.17. The second kappa shape index (κ2) is 15.3. The fourth-order valence-electron chi connectivity index (χ4n) is 2.76. The lowest BCUT2D eigenvalue weighted by atomic mass is 10.1. The van der Waals surface area contributed by atoms with Crippen molar-refractivity contribution in [3.05, 3.63) is 35.9 Å². The average molecular weight is 365 g/mol. The van der Waals surface area contributed by atoms with Gasteiger partial charge in [-0.05, 0) is 24.7 Å². The largest absolute Gasteiger partial charge is 0.460 e. The molecule has 0 fully saturated rings. The molecule has 1 aromatic carbocycles. The van der Waals surface area contributed by atoms with Gasteiger partial charge in [0.1, 0.15) is 6.61 Å². The first-order valence-electron chi connectivity index (χ1n) is 10.1. The summed E-state index contributed by atoms with van der Waals surface area (Å²) in [6.07, 6.45) is 13.5. The molecule has 142 valence electrons. The van der Waals surface area contributed by atoms with Gasteiger partial charge < -0.3 is 4.74 Å². The molecule has 0 aliphatic carbocycles. The molecule has 0 saturated carbocycles. The number of rotatable bonds is 15. The van der Waals surface area contributed by atoms with Gasteiger partial charge in [-0.25, -0.2) is 0 Å². The predicted molar refractivity (Wildman–Crippen MR) is 110 cm³/mol. The van der Waals surface area contributed by atoms with E-state index in [2.05, 4.69) is 6.92 Å². The third kappa shape index (κ3) is 12.1. The normalized spacial score (nSPS) is 12.1. The number of thioether (sulfide) groups is 1. The van der Waals surface area contributed by atoms with Crippen molar-refractivity contribution in [2.45, 2.75) is 89.9 Å². The quantitative estimate of drug-likeness (QED) is 0.254. The number of unbranched alkanes of at least 4 members (excludes halogenated alkanes) is 9. The first-order chi connectivity index (χ1) is 12.2. The Morgan fingerprint density at radius 1 is 0.920 bits per heavy atom. The third-order valence-corrected chi connectivity index (χ3v) is 5.64. The molecule has 0 heterocycles. The van der Waals surface area contributed by atoms with E-state index >= 15 is 0 Å². The molecule has 0 bridgehead atoms. The average Bonchev–Trinajstić information content (AvgIpc) is 2.64. The number of hydrogen-bond donors (Lipinski definition) is 0. The van der Waals surface area contributed by atoms with E-state index in [9.17, 15) is 4.79 Å². The summed E-state index contributed by atoms with van der Waals surface area (Å²) in [6.45, 7) is 4.60. The van der Waals surface area contributed by atoms with Crippen LogP contribution in [0.2, 0.25) is 0 Å². The Morgan fingerprint density at radius 3 is 2.08 bits per heavy atom. The molecule has 1 rings (SSSR count). The molecule has 0 N–H and O–H groups in total. The number of benzene rings is 1. The molecule has 0 aliphatic heterocycles. The van der Waals surface area contributed by atoms with Crippen LogP contribution in [0.1, 0.15) is 83.6 Å². The lowest BCUT2D eigenvalue weighted by molar-refractivity contribution is -0.143. The highest BCUT2D eigenvalue weighted by Crippen LogP contribution is 2.17. The minimum Gasteiger partial charge on any atom is -0.460 e. The van der Waals surface area contributed by atoms with Crippen molar-refractivity contribution in [1.29, 1.82) is 0 Å². The highest BCUT2D eigenvalue weighted by molar-refractivity contribution is 8.00. The van der Waals surface area contributed by atoms with Gasteiger partial charge in [0.05, 0.1) is 5.25 Å². The van der Waals surface area contributed by atoms with Crippen molar-refractivity contribution in [3.63, 3.8) is 0 Å². The maximum Gasteiger partial charge on any atom is 0.319 e. The Bertz CT molecular complexity index is 433. The van der Waals surface area contributed by atoms with Crippen LogP contribution in [0.4, 0.5) is 0 Å². The molecule has 0 saturated heterocycles. The van der Waals surface area contributed by atoms with Crippen LogP contribution in [-0.4, -0.2) is 17.0 Å². The zero-order valence-electron chi connectivity index (χ0n) is 16.2. The molecule has 1 unspecified atom stereocenters. The van der Waals surface area contributed by atoms with Gasteiger partial charge in [-0.2, -0.15) is 0 Å². The molecule has 3 heteroatoms. The summed E-state index contributed by atoms with van der Waals surface area (Å²) in [4.78, 5) is 12.0. The molecule has 2 nitrogen and oxygen atoms in total. The summed E-state index contributed by atoms with van der Waals surface area (Å²) in [5.74, 6) is 0.957. The van der Waals surface area contributed by atoms with E-state index in [-0.39, 0.29) is 11.2 Å². The predicted octanol–water partition coefficient (Wildman–Crippen LogP) is 6.77. The van der Waals surface area contributed by atoms with Crippen molar-refractivity contribution in [1.82, 2.24) is 0 Å². The maximum atomic E-state index is 12.0. The van der Waals surface area contributed by atoms with Crippen molar-refractivity contribution in [2.75, 3.05) is 5.75 Å². The van der Waals surface area contributed by atoms with Gasteiger partial charge in [0.25, 0.3) is 0 Å². The Balaban J connectivity index is 1.92. The van der Waals surface area contributed by atoms with Crippen molar-refractivity contribution < 1.29 is 9.53 Å². The van der Waals surface area contributed by atoms with E-state index in [1.54, 1.807) is 11.8 Å². The fourth-order valence-corrected chi connectivity index (χ4v) is 3.69. The van der Waals surface area contributed by atoms with Crippen LogP contribution in [0.15, 0.2) is 30.3 Å². The van der Waals surface area contributed by atoms with Gasteiger partial charge in [0, 0.05) is 0 Å². The Kier molecular flexibility index (Phi) is 13.5. The number of hydrogen-bond acceptors (Lipinski definition) is 3. The number of esters is 1.